The Labute approximate surface area is 181 Å². The summed E-state index contributed by atoms with van der Waals surface area (Å²) in [6, 6.07) is 9.11. The number of hydrogen-bond acceptors (Lipinski definition) is 3. The number of likely N-dealkylation sites (N-methyl/N-ethyl adjacent to an activating group) is 1. The van der Waals surface area contributed by atoms with Gasteiger partial charge in [0.15, 0.2) is 0 Å². The highest BCUT2D eigenvalue weighted by atomic mass is 19.1. The molecule has 4 rings (SSSR count). The number of likely N-dealkylation sites (tertiary alicyclic amines) is 1. The van der Waals surface area contributed by atoms with Gasteiger partial charge < -0.3 is 15.1 Å². The van der Waals surface area contributed by atoms with Crippen LogP contribution in [-0.2, 0) is 26.3 Å². The Bertz CT molecular complexity index is 1100. The fourth-order valence-electron chi connectivity index (χ4n) is 4.67. The zero-order valence-corrected chi connectivity index (χ0v) is 18.2. The van der Waals surface area contributed by atoms with Crippen molar-refractivity contribution in [2.45, 2.75) is 51.6 Å². The van der Waals surface area contributed by atoms with Crippen molar-refractivity contribution in [1.82, 2.24) is 4.90 Å². The summed E-state index contributed by atoms with van der Waals surface area (Å²) in [5.41, 5.74) is 3.20. The molecule has 1 N–H and O–H groups in total. The molecule has 0 aromatic heterocycles. The summed E-state index contributed by atoms with van der Waals surface area (Å²) >= 11 is 0. The number of nitrogens with one attached hydrogen (secondary N) is 1. The molecule has 2 aliphatic rings. The van der Waals surface area contributed by atoms with E-state index in [1.807, 2.05) is 32.9 Å². The molecule has 0 bridgehead atoms. The van der Waals surface area contributed by atoms with Crippen LogP contribution in [0.5, 0.6) is 0 Å². The van der Waals surface area contributed by atoms with Gasteiger partial charge in [-0.05, 0) is 68.1 Å². The molecule has 2 aromatic rings. The maximum Gasteiger partial charge on any atom is 0.247 e. The number of anilines is 2. The molecule has 1 saturated heterocycles. The van der Waals surface area contributed by atoms with Crippen LogP contribution < -0.4 is 10.2 Å². The van der Waals surface area contributed by atoms with Crippen molar-refractivity contribution in [3.63, 3.8) is 0 Å². The number of nitrogens with zero attached hydrogens (tertiary/aromatic N) is 2. The Kier molecular flexibility index (Phi) is 5.07. The number of hydrogen-bond donors (Lipinski definition) is 1. The molecule has 7 heteroatoms. The zero-order valence-electron chi connectivity index (χ0n) is 18.2. The molecule has 1 atom stereocenters. The summed E-state index contributed by atoms with van der Waals surface area (Å²) in [7, 11) is 1.76. The van der Waals surface area contributed by atoms with Gasteiger partial charge in [0, 0.05) is 25.7 Å². The standard InChI is InChI=1S/C24H26FN3O3/c1-14-10-17(12-18-21(14)27(4)23(31)24(18,2)3)26-22(30)19-8-9-20(29)28(19)13-15-6-5-7-16(25)11-15/h5-7,10-12,19H,8-9,13H2,1-4H3,(H,26,30). The smallest absolute Gasteiger partial charge is 0.247 e. The Hall–Kier alpha value is -3.22. The molecule has 0 radical (unpaired) electrons. The van der Waals surface area contributed by atoms with Crippen LogP contribution in [0, 0.1) is 12.7 Å². The van der Waals surface area contributed by atoms with E-state index in [0.29, 0.717) is 17.7 Å². The molecule has 31 heavy (non-hydrogen) atoms. The van der Waals surface area contributed by atoms with E-state index in [2.05, 4.69) is 5.32 Å². The first-order valence-electron chi connectivity index (χ1n) is 10.4. The summed E-state index contributed by atoms with van der Waals surface area (Å²) < 4.78 is 13.5. The quantitative estimate of drug-likeness (QED) is 0.818. The molecule has 0 aliphatic carbocycles. The molecule has 3 amide bonds. The molecule has 2 aromatic carbocycles. The molecule has 0 saturated carbocycles. The lowest BCUT2D eigenvalue weighted by Crippen LogP contribution is -2.41. The third kappa shape index (κ3) is 3.58. The Morgan fingerprint density at radius 1 is 1.23 bits per heavy atom. The van der Waals surface area contributed by atoms with Crippen LogP contribution in [0.2, 0.25) is 0 Å². The first-order chi connectivity index (χ1) is 14.6. The van der Waals surface area contributed by atoms with Gasteiger partial charge in [0.25, 0.3) is 0 Å². The molecule has 2 aliphatic heterocycles. The number of carbonyl (C=O) groups excluding carboxylic acids is 3. The lowest BCUT2D eigenvalue weighted by Gasteiger charge is -2.25. The van der Waals surface area contributed by atoms with Gasteiger partial charge in [0.1, 0.15) is 11.9 Å². The second-order valence-electron chi connectivity index (χ2n) is 8.87. The second-order valence-corrected chi connectivity index (χ2v) is 8.87. The third-order valence-electron chi connectivity index (χ3n) is 6.29. The van der Waals surface area contributed by atoms with Crippen molar-refractivity contribution in [3.8, 4) is 0 Å². The average Bonchev–Trinajstić information content (AvgIpc) is 3.14. The molecular weight excluding hydrogens is 397 g/mol. The van der Waals surface area contributed by atoms with Crippen LogP contribution in [-0.4, -0.2) is 35.7 Å². The Balaban J connectivity index is 1.57. The van der Waals surface area contributed by atoms with E-state index in [9.17, 15) is 18.8 Å². The summed E-state index contributed by atoms with van der Waals surface area (Å²) in [5.74, 6) is -0.766. The van der Waals surface area contributed by atoms with Gasteiger partial charge in [-0.2, -0.15) is 0 Å². The van der Waals surface area contributed by atoms with Crippen molar-refractivity contribution in [2.24, 2.45) is 0 Å². The number of fused-ring (bicyclic) bond motifs is 1. The predicted molar refractivity (Wildman–Crippen MR) is 116 cm³/mol. The number of amides is 3. The molecule has 162 valence electrons. The summed E-state index contributed by atoms with van der Waals surface area (Å²) in [5, 5.41) is 2.93. The summed E-state index contributed by atoms with van der Waals surface area (Å²) in [4.78, 5) is 41.3. The van der Waals surface area contributed by atoms with Gasteiger partial charge in [-0.3, -0.25) is 14.4 Å². The molecule has 1 unspecified atom stereocenters. The zero-order chi connectivity index (χ0) is 22.5. The average molecular weight is 423 g/mol. The van der Waals surface area contributed by atoms with Crippen LogP contribution in [0.3, 0.4) is 0 Å². The minimum absolute atomic E-state index is 0.0109. The van der Waals surface area contributed by atoms with Crippen LogP contribution in [0.1, 0.15) is 43.4 Å². The van der Waals surface area contributed by atoms with Gasteiger partial charge in [0.2, 0.25) is 17.7 Å². The van der Waals surface area contributed by atoms with E-state index >= 15 is 0 Å². The maximum absolute atomic E-state index is 13.5. The first-order valence-corrected chi connectivity index (χ1v) is 10.4. The van der Waals surface area contributed by atoms with Crippen molar-refractivity contribution in [3.05, 3.63) is 58.9 Å². The topological polar surface area (TPSA) is 69.7 Å². The minimum Gasteiger partial charge on any atom is -0.326 e. The number of halogens is 1. The minimum atomic E-state index is -0.678. The second kappa shape index (κ2) is 7.48. The van der Waals surface area contributed by atoms with E-state index < -0.39 is 11.5 Å². The van der Waals surface area contributed by atoms with Gasteiger partial charge in [0.05, 0.1) is 11.1 Å². The van der Waals surface area contributed by atoms with Crippen LogP contribution in [0.4, 0.5) is 15.8 Å². The molecule has 2 heterocycles. The van der Waals surface area contributed by atoms with E-state index in [-0.39, 0.29) is 36.5 Å². The van der Waals surface area contributed by atoms with Crippen molar-refractivity contribution >= 4 is 29.1 Å². The van der Waals surface area contributed by atoms with Gasteiger partial charge in [-0.1, -0.05) is 12.1 Å². The molecule has 1 fully saturated rings. The largest absolute Gasteiger partial charge is 0.326 e. The summed E-state index contributed by atoms with van der Waals surface area (Å²) in [6.45, 7) is 5.84. The Morgan fingerprint density at radius 2 is 1.97 bits per heavy atom. The predicted octanol–water partition coefficient (Wildman–Crippen LogP) is 3.52. The van der Waals surface area contributed by atoms with Crippen LogP contribution in [0.25, 0.3) is 0 Å². The van der Waals surface area contributed by atoms with Crippen molar-refractivity contribution in [2.75, 3.05) is 17.3 Å². The fraction of sp³-hybridized carbons (Fsp3) is 0.375. The van der Waals surface area contributed by atoms with Crippen molar-refractivity contribution < 1.29 is 18.8 Å². The monoisotopic (exact) mass is 423 g/mol. The highest BCUT2D eigenvalue weighted by Crippen LogP contribution is 2.44. The van der Waals surface area contributed by atoms with Crippen molar-refractivity contribution in [1.29, 1.82) is 0 Å². The van der Waals surface area contributed by atoms with E-state index in [0.717, 1.165) is 16.8 Å². The highest BCUT2D eigenvalue weighted by Gasteiger charge is 2.43. The molecule has 0 spiro atoms. The normalized spacial score (nSPS) is 19.7. The number of rotatable bonds is 4. The van der Waals surface area contributed by atoms with Crippen LogP contribution >= 0.6 is 0 Å². The van der Waals surface area contributed by atoms with Gasteiger partial charge >= 0.3 is 0 Å². The van der Waals surface area contributed by atoms with Crippen LogP contribution in [0.15, 0.2) is 36.4 Å². The lowest BCUT2D eigenvalue weighted by atomic mass is 9.85. The first kappa shape index (κ1) is 21.0. The van der Waals surface area contributed by atoms with E-state index in [1.165, 1.54) is 17.0 Å². The molecule has 6 nitrogen and oxygen atoms in total. The van der Waals surface area contributed by atoms with E-state index in [4.69, 9.17) is 0 Å². The maximum atomic E-state index is 13.5. The molecular formula is C24H26FN3O3. The number of aryl methyl sites for hydroxylation is 1. The highest BCUT2D eigenvalue weighted by molar-refractivity contribution is 6.09. The Morgan fingerprint density at radius 3 is 2.68 bits per heavy atom. The fourth-order valence-corrected chi connectivity index (χ4v) is 4.67. The number of benzene rings is 2. The van der Waals surface area contributed by atoms with E-state index in [1.54, 1.807) is 24.1 Å². The van der Waals surface area contributed by atoms with Gasteiger partial charge in [-0.15, -0.1) is 0 Å². The number of carbonyl (C=O) groups is 3. The SMILES string of the molecule is Cc1cc(NC(=O)C2CCC(=O)N2Cc2cccc(F)c2)cc2c1N(C)C(=O)C2(C)C. The summed E-state index contributed by atoms with van der Waals surface area (Å²) in [6.07, 6.45) is 0.694. The third-order valence-corrected chi connectivity index (χ3v) is 6.29. The van der Waals surface area contributed by atoms with Gasteiger partial charge in [-0.25, -0.2) is 4.39 Å². The lowest BCUT2D eigenvalue weighted by molar-refractivity contribution is -0.133.